The van der Waals surface area contributed by atoms with Crippen molar-refractivity contribution in [3.05, 3.63) is 101 Å². The first kappa shape index (κ1) is 18.4. The third-order valence-electron chi connectivity index (χ3n) is 4.76. The molecule has 0 bridgehead atoms. The van der Waals surface area contributed by atoms with E-state index in [0.717, 1.165) is 46.2 Å². The second kappa shape index (κ2) is 8.37. The summed E-state index contributed by atoms with van der Waals surface area (Å²) in [6.07, 6.45) is 6.17. The van der Waals surface area contributed by atoms with Crippen LogP contribution in [0.15, 0.2) is 90.7 Å². The molecule has 0 fully saturated rings. The van der Waals surface area contributed by atoms with Crippen molar-refractivity contribution in [1.82, 2.24) is 0 Å². The monoisotopic (exact) mass is 388 g/mol. The second-order valence-electron chi connectivity index (χ2n) is 6.65. The van der Waals surface area contributed by atoms with Gasteiger partial charge in [-0.05, 0) is 83.7 Å². The third-order valence-corrected chi connectivity index (χ3v) is 5.00. The molecule has 3 heteroatoms. The van der Waals surface area contributed by atoms with Gasteiger partial charge in [0.05, 0.1) is 7.11 Å². The summed E-state index contributed by atoms with van der Waals surface area (Å²) in [4.78, 5) is 0. The number of para-hydroxylation sites is 1. The van der Waals surface area contributed by atoms with Crippen LogP contribution in [0, 0.1) is 0 Å². The summed E-state index contributed by atoms with van der Waals surface area (Å²) in [7, 11) is 1.69. The molecule has 0 spiro atoms. The van der Waals surface area contributed by atoms with Gasteiger partial charge in [-0.3, -0.25) is 0 Å². The summed E-state index contributed by atoms with van der Waals surface area (Å²) < 4.78 is 11.5. The highest BCUT2D eigenvalue weighted by Gasteiger charge is 2.15. The number of methoxy groups -OCH3 is 1. The van der Waals surface area contributed by atoms with E-state index >= 15 is 0 Å². The minimum atomic E-state index is 0.719. The lowest BCUT2D eigenvalue weighted by Gasteiger charge is -2.19. The molecule has 0 radical (unpaired) electrons. The molecule has 0 aromatic heterocycles. The quantitative estimate of drug-likeness (QED) is 0.461. The van der Waals surface area contributed by atoms with Crippen molar-refractivity contribution in [2.45, 2.75) is 12.8 Å². The summed E-state index contributed by atoms with van der Waals surface area (Å²) in [5.74, 6) is 2.54. The van der Waals surface area contributed by atoms with Crippen LogP contribution in [0.5, 0.6) is 11.5 Å². The fourth-order valence-corrected chi connectivity index (χ4v) is 3.60. The lowest BCUT2D eigenvalue weighted by Crippen LogP contribution is -2.00. The number of allylic oxidation sites excluding steroid dienone is 3. The molecule has 4 rings (SSSR count). The second-order valence-corrected chi connectivity index (χ2v) is 7.09. The Kier molecular flexibility index (Phi) is 5.50. The zero-order valence-corrected chi connectivity index (χ0v) is 16.4. The van der Waals surface area contributed by atoms with Crippen LogP contribution in [-0.4, -0.2) is 7.11 Å². The molecule has 3 aromatic carbocycles. The Morgan fingerprint density at radius 3 is 2.46 bits per heavy atom. The van der Waals surface area contributed by atoms with Crippen LogP contribution in [0.4, 0.5) is 0 Å². The van der Waals surface area contributed by atoms with Gasteiger partial charge in [0.15, 0.2) is 0 Å². The Labute approximate surface area is 170 Å². The van der Waals surface area contributed by atoms with Crippen molar-refractivity contribution in [2.24, 2.45) is 0 Å². The third kappa shape index (κ3) is 4.13. The lowest BCUT2D eigenvalue weighted by atomic mass is 9.90. The Balaban J connectivity index is 1.73. The maximum Gasteiger partial charge on any atom is 0.127 e. The van der Waals surface area contributed by atoms with Crippen LogP contribution in [0.2, 0.25) is 5.02 Å². The molecule has 2 nitrogen and oxygen atoms in total. The predicted molar refractivity (Wildman–Crippen MR) is 116 cm³/mol. The van der Waals surface area contributed by atoms with Crippen LogP contribution in [0.1, 0.15) is 18.4 Å². The molecule has 0 heterocycles. The highest BCUT2D eigenvalue weighted by molar-refractivity contribution is 6.30. The standard InChI is InChI=1S/C25H21ClO2/c1-27-22-13-14-24(25(17-22)18-7-5-9-20(26)15-18)19-8-6-12-23(16-19)28-21-10-3-2-4-11-21/h2-5,7,9-17H,6,8H2,1H3. The Morgan fingerprint density at radius 2 is 1.68 bits per heavy atom. The molecule has 0 amide bonds. The predicted octanol–water partition coefficient (Wildman–Crippen LogP) is 7.16. The van der Waals surface area contributed by atoms with E-state index in [1.165, 1.54) is 11.1 Å². The first-order valence-electron chi connectivity index (χ1n) is 9.31. The average Bonchev–Trinajstić information content (AvgIpc) is 2.74. The maximum absolute atomic E-state index is 6.24. The van der Waals surface area contributed by atoms with E-state index in [1.54, 1.807) is 7.11 Å². The normalized spacial score (nSPS) is 13.5. The van der Waals surface area contributed by atoms with Gasteiger partial charge in [-0.15, -0.1) is 0 Å². The van der Waals surface area contributed by atoms with Gasteiger partial charge >= 0.3 is 0 Å². The van der Waals surface area contributed by atoms with Gasteiger partial charge in [-0.2, -0.15) is 0 Å². The SMILES string of the molecule is COc1ccc(C2=CC(Oc3ccccc3)=CCC2)c(-c2cccc(Cl)c2)c1. The van der Waals surface area contributed by atoms with Crippen molar-refractivity contribution in [2.75, 3.05) is 7.11 Å². The minimum Gasteiger partial charge on any atom is -0.497 e. The van der Waals surface area contributed by atoms with Crippen molar-refractivity contribution >= 4 is 17.2 Å². The number of hydrogen-bond acceptors (Lipinski definition) is 2. The molecule has 0 aliphatic heterocycles. The van der Waals surface area contributed by atoms with Gasteiger partial charge in [0.1, 0.15) is 17.3 Å². The van der Waals surface area contributed by atoms with E-state index in [2.05, 4.69) is 30.4 Å². The molecule has 3 aromatic rings. The van der Waals surface area contributed by atoms with Crippen molar-refractivity contribution in [1.29, 1.82) is 0 Å². The maximum atomic E-state index is 6.24. The molecule has 1 aliphatic carbocycles. The van der Waals surface area contributed by atoms with Crippen LogP contribution in [0.25, 0.3) is 16.7 Å². The molecular weight excluding hydrogens is 368 g/mol. The molecule has 0 N–H and O–H groups in total. The fraction of sp³-hybridized carbons (Fsp3) is 0.120. The molecule has 0 atom stereocenters. The van der Waals surface area contributed by atoms with E-state index in [4.69, 9.17) is 21.1 Å². The number of hydrogen-bond donors (Lipinski definition) is 0. The van der Waals surface area contributed by atoms with Crippen LogP contribution < -0.4 is 9.47 Å². The van der Waals surface area contributed by atoms with E-state index in [1.807, 2.05) is 54.6 Å². The largest absolute Gasteiger partial charge is 0.497 e. The highest BCUT2D eigenvalue weighted by Crippen LogP contribution is 2.37. The van der Waals surface area contributed by atoms with Crippen molar-refractivity contribution in [3.8, 4) is 22.6 Å². The molecule has 0 saturated carbocycles. The van der Waals surface area contributed by atoms with E-state index in [9.17, 15) is 0 Å². The zero-order valence-electron chi connectivity index (χ0n) is 15.7. The summed E-state index contributed by atoms with van der Waals surface area (Å²) >= 11 is 6.24. The van der Waals surface area contributed by atoms with Crippen molar-refractivity contribution < 1.29 is 9.47 Å². The average molecular weight is 389 g/mol. The number of ether oxygens (including phenoxy) is 2. The molecular formula is C25H21ClO2. The summed E-state index contributed by atoms with van der Waals surface area (Å²) in [6, 6.07) is 24.0. The highest BCUT2D eigenvalue weighted by atomic mass is 35.5. The van der Waals surface area contributed by atoms with E-state index < -0.39 is 0 Å². The number of halogens is 1. The summed E-state index contributed by atoms with van der Waals surface area (Å²) in [5.41, 5.74) is 4.59. The zero-order chi connectivity index (χ0) is 19.3. The number of rotatable bonds is 5. The minimum absolute atomic E-state index is 0.719. The topological polar surface area (TPSA) is 18.5 Å². The Bertz CT molecular complexity index is 1040. The molecule has 1 aliphatic rings. The number of benzene rings is 3. The molecule has 0 unspecified atom stereocenters. The summed E-state index contributed by atoms with van der Waals surface area (Å²) in [6.45, 7) is 0. The van der Waals surface area contributed by atoms with Gasteiger partial charge in [-0.1, -0.05) is 48.0 Å². The van der Waals surface area contributed by atoms with E-state index in [-0.39, 0.29) is 0 Å². The first-order valence-corrected chi connectivity index (χ1v) is 9.69. The van der Waals surface area contributed by atoms with Gasteiger partial charge in [0.25, 0.3) is 0 Å². The van der Waals surface area contributed by atoms with Gasteiger partial charge in [0, 0.05) is 5.02 Å². The van der Waals surface area contributed by atoms with Crippen LogP contribution in [-0.2, 0) is 0 Å². The smallest absolute Gasteiger partial charge is 0.127 e. The van der Waals surface area contributed by atoms with Crippen LogP contribution >= 0.6 is 11.6 Å². The molecule has 0 saturated heterocycles. The Morgan fingerprint density at radius 1 is 0.821 bits per heavy atom. The fourth-order valence-electron chi connectivity index (χ4n) is 3.41. The van der Waals surface area contributed by atoms with E-state index in [0.29, 0.717) is 0 Å². The lowest BCUT2D eigenvalue weighted by molar-refractivity contribution is 0.415. The first-order chi connectivity index (χ1) is 13.7. The Hall–Kier alpha value is -2.97. The van der Waals surface area contributed by atoms with Gasteiger partial charge in [0.2, 0.25) is 0 Å². The summed E-state index contributed by atoms with van der Waals surface area (Å²) in [5, 5.41) is 0.719. The van der Waals surface area contributed by atoms with Crippen molar-refractivity contribution in [3.63, 3.8) is 0 Å². The molecule has 140 valence electrons. The van der Waals surface area contributed by atoms with Gasteiger partial charge < -0.3 is 9.47 Å². The molecule has 28 heavy (non-hydrogen) atoms. The van der Waals surface area contributed by atoms with Gasteiger partial charge in [-0.25, -0.2) is 0 Å². The van der Waals surface area contributed by atoms with Crippen LogP contribution in [0.3, 0.4) is 0 Å².